The molecule has 1 fully saturated rings. The van der Waals surface area contributed by atoms with Crippen molar-refractivity contribution in [1.29, 1.82) is 0 Å². The number of anilines is 1. The van der Waals surface area contributed by atoms with Crippen LogP contribution in [0.4, 0.5) is 5.69 Å². The molecular weight excluding hydrogens is 370 g/mol. The van der Waals surface area contributed by atoms with Crippen molar-refractivity contribution in [3.8, 4) is 17.2 Å². The van der Waals surface area contributed by atoms with Crippen LogP contribution in [-0.2, 0) is 9.53 Å². The van der Waals surface area contributed by atoms with Crippen molar-refractivity contribution in [2.45, 2.75) is 25.4 Å². The maximum absolute atomic E-state index is 12.4. The monoisotopic (exact) mass is 397 g/mol. The Morgan fingerprint density at radius 3 is 2.76 bits per heavy atom. The smallest absolute Gasteiger partial charge is 0.248 e. The Balaban J connectivity index is 1.64. The fourth-order valence-corrected chi connectivity index (χ4v) is 3.13. The number of ether oxygens (including phenoxy) is 4. The summed E-state index contributed by atoms with van der Waals surface area (Å²) in [5.41, 5.74) is 1.37. The number of carbonyl (C=O) groups excluding carboxylic acids is 1. The van der Waals surface area contributed by atoms with E-state index in [0.29, 0.717) is 29.5 Å². The lowest BCUT2D eigenvalue weighted by molar-refractivity contribution is -0.111. The molecule has 0 bridgehead atoms. The van der Waals surface area contributed by atoms with Gasteiger partial charge < -0.3 is 24.3 Å². The predicted octanol–water partition coefficient (Wildman–Crippen LogP) is 4.30. The van der Waals surface area contributed by atoms with E-state index >= 15 is 0 Å². The van der Waals surface area contributed by atoms with E-state index in [0.717, 1.165) is 31.4 Å². The Morgan fingerprint density at radius 2 is 2.00 bits per heavy atom. The standard InChI is InChI=1S/C23H27NO5/c1-26-18-11-12-21(27-2)17(15-18)10-13-23(25)24-20-8-3-4-9-22(20)29-16-19-7-5-6-14-28-19/h3-4,8-13,15,19H,5-7,14,16H2,1-2H3,(H,24,25). The Bertz CT molecular complexity index is 843. The summed E-state index contributed by atoms with van der Waals surface area (Å²) < 4.78 is 22.2. The number of amides is 1. The van der Waals surface area contributed by atoms with Crippen LogP contribution in [0.3, 0.4) is 0 Å². The van der Waals surface area contributed by atoms with Crippen molar-refractivity contribution < 1.29 is 23.7 Å². The topological polar surface area (TPSA) is 66.0 Å². The van der Waals surface area contributed by atoms with Crippen molar-refractivity contribution in [2.24, 2.45) is 0 Å². The second-order valence-electron chi connectivity index (χ2n) is 6.73. The van der Waals surface area contributed by atoms with Gasteiger partial charge in [-0.05, 0) is 55.7 Å². The fourth-order valence-electron chi connectivity index (χ4n) is 3.13. The lowest BCUT2D eigenvalue weighted by atomic mass is 10.1. The highest BCUT2D eigenvalue weighted by atomic mass is 16.5. The molecule has 1 heterocycles. The highest BCUT2D eigenvalue weighted by Crippen LogP contribution is 2.27. The first-order chi connectivity index (χ1) is 14.2. The number of methoxy groups -OCH3 is 2. The largest absolute Gasteiger partial charge is 0.497 e. The Labute approximate surface area is 171 Å². The lowest BCUT2D eigenvalue weighted by Crippen LogP contribution is -2.26. The predicted molar refractivity (Wildman–Crippen MR) is 113 cm³/mol. The van der Waals surface area contributed by atoms with E-state index in [4.69, 9.17) is 18.9 Å². The highest BCUT2D eigenvalue weighted by molar-refractivity contribution is 6.03. The molecule has 1 atom stereocenters. The van der Waals surface area contributed by atoms with Gasteiger partial charge in [-0.15, -0.1) is 0 Å². The van der Waals surface area contributed by atoms with Crippen molar-refractivity contribution in [3.05, 3.63) is 54.1 Å². The van der Waals surface area contributed by atoms with Gasteiger partial charge in [-0.2, -0.15) is 0 Å². The number of benzene rings is 2. The van der Waals surface area contributed by atoms with Crippen LogP contribution in [0.2, 0.25) is 0 Å². The second kappa shape index (κ2) is 10.5. The maximum atomic E-state index is 12.4. The van der Waals surface area contributed by atoms with Crippen molar-refractivity contribution in [1.82, 2.24) is 0 Å². The second-order valence-corrected chi connectivity index (χ2v) is 6.73. The first-order valence-corrected chi connectivity index (χ1v) is 9.74. The quantitative estimate of drug-likeness (QED) is 0.673. The molecule has 1 N–H and O–H groups in total. The first-order valence-electron chi connectivity index (χ1n) is 9.74. The van der Waals surface area contributed by atoms with E-state index in [1.54, 1.807) is 32.4 Å². The highest BCUT2D eigenvalue weighted by Gasteiger charge is 2.15. The molecule has 29 heavy (non-hydrogen) atoms. The van der Waals surface area contributed by atoms with Gasteiger partial charge in [-0.1, -0.05) is 12.1 Å². The van der Waals surface area contributed by atoms with Crippen LogP contribution in [0.1, 0.15) is 24.8 Å². The molecule has 1 saturated heterocycles. The first kappa shape index (κ1) is 20.7. The van der Waals surface area contributed by atoms with Crippen LogP contribution >= 0.6 is 0 Å². The minimum atomic E-state index is -0.264. The summed E-state index contributed by atoms with van der Waals surface area (Å²) in [5.74, 6) is 1.71. The molecule has 2 aromatic carbocycles. The number of carbonyl (C=O) groups is 1. The van der Waals surface area contributed by atoms with E-state index in [1.165, 1.54) is 6.08 Å². The average Bonchev–Trinajstić information content (AvgIpc) is 2.77. The van der Waals surface area contributed by atoms with Crippen molar-refractivity contribution in [3.63, 3.8) is 0 Å². The van der Waals surface area contributed by atoms with Crippen LogP contribution in [0.15, 0.2) is 48.5 Å². The van der Waals surface area contributed by atoms with Gasteiger partial charge in [0.25, 0.3) is 0 Å². The molecule has 0 aliphatic carbocycles. The summed E-state index contributed by atoms with van der Waals surface area (Å²) in [6.07, 6.45) is 6.51. The molecule has 0 radical (unpaired) electrons. The van der Waals surface area contributed by atoms with Gasteiger partial charge >= 0.3 is 0 Å². The summed E-state index contributed by atoms with van der Waals surface area (Å²) in [6, 6.07) is 12.8. The number of para-hydroxylation sites is 2. The summed E-state index contributed by atoms with van der Waals surface area (Å²) in [7, 11) is 3.18. The molecule has 154 valence electrons. The Morgan fingerprint density at radius 1 is 1.14 bits per heavy atom. The Kier molecular flexibility index (Phi) is 7.53. The maximum Gasteiger partial charge on any atom is 0.248 e. The van der Waals surface area contributed by atoms with Gasteiger partial charge in [0.1, 0.15) is 23.9 Å². The number of nitrogens with one attached hydrogen (secondary N) is 1. The number of hydrogen-bond donors (Lipinski definition) is 1. The molecule has 6 nitrogen and oxygen atoms in total. The van der Waals surface area contributed by atoms with Crippen LogP contribution in [0.5, 0.6) is 17.2 Å². The minimum Gasteiger partial charge on any atom is -0.497 e. The molecule has 3 rings (SSSR count). The van der Waals surface area contributed by atoms with Gasteiger partial charge in [0.05, 0.1) is 26.0 Å². The molecule has 0 saturated carbocycles. The lowest BCUT2D eigenvalue weighted by Gasteiger charge is -2.23. The normalized spacial score (nSPS) is 16.4. The van der Waals surface area contributed by atoms with Gasteiger partial charge in [0.15, 0.2) is 0 Å². The van der Waals surface area contributed by atoms with Crippen LogP contribution in [-0.4, -0.2) is 39.4 Å². The molecule has 1 aliphatic rings. The number of rotatable bonds is 8. The van der Waals surface area contributed by atoms with E-state index < -0.39 is 0 Å². The SMILES string of the molecule is COc1ccc(OC)c(C=CC(=O)Nc2ccccc2OCC2CCCCO2)c1. The fraction of sp³-hybridized carbons (Fsp3) is 0.348. The molecule has 1 amide bonds. The molecule has 0 aromatic heterocycles. The third kappa shape index (κ3) is 5.99. The van der Waals surface area contributed by atoms with Crippen LogP contribution in [0.25, 0.3) is 6.08 Å². The third-order valence-electron chi connectivity index (χ3n) is 4.69. The summed E-state index contributed by atoms with van der Waals surface area (Å²) in [6.45, 7) is 1.26. The molecular formula is C23H27NO5. The molecule has 1 aliphatic heterocycles. The molecule has 2 aromatic rings. The van der Waals surface area contributed by atoms with Crippen molar-refractivity contribution in [2.75, 3.05) is 32.8 Å². The molecule has 0 spiro atoms. The van der Waals surface area contributed by atoms with Gasteiger partial charge in [-0.25, -0.2) is 0 Å². The zero-order chi connectivity index (χ0) is 20.5. The van der Waals surface area contributed by atoms with Crippen LogP contribution < -0.4 is 19.5 Å². The summed E-state index contributed by atoms with van der Waals surface area (Å²) in [5, 5.41) is 2.87. The van der Waals surface area contributed by atoms with Crippen molar-refractivity contribution >= 4 is 17.7 Å². The van der Waals surface area contributed by atoms with Gasteiger partial charge in [0.2, 0.25) is 5.91 Å². The number of hydrogen-bond acceptors (Lipinski definition) is 5. The van der Waals surface area contributed by atoms with Gasteiger partial charge in [0, 0.05) is 18.2 Å². The average molecular weight is 397 g/mol. The third-order valence-corrected chi connectivity index (χ3v) is 4.69. The van der Waals surface area contributed by atoms with E-state index in [2.05, 4.69) is 5.32 Å². The van der Waals surface area contributed by atoms with Crippen LogP contribution in [0, 0.1) is 0 Å². The summed E-state index contributed by atoms with van der Waals surface area (Å²) >= 11 is 0. The minimum absolute atomic E-state index is 0.105. The van der Waals surface area contributed by atoms with E-state index in [-0.39, 0.29) is 12.0 Å². The molecule has 6 heteroatoms. The summed E-state index contributed by atoms with van der Waals surface area (Å²) in [4.78, 5) is 12.4. The zero-order valence-electron chi connectivity index (χ0n) is 16.9. The van der Waals surface area contributed by atoms with E-state index in [1.807, 2.05) is 30.3 Å². The van der Waals surface area contributed by atoms with Gasteiger partial charge in [-0.3, -0.25) is 4.79 Å². The Hall–Kier alpha value is -2.99. The van der Waals surface area contributed by atoms with E-state index in [9.17, 15) is 4.79 Å². The zero-order valence-corrected chi connectivity index (χ0v) is 16.9. The molecule has 1 unspecified atom stereocenters.